The quantitative estimate of drug-likeness (QED) is 0.257. The van der Waals surface area contributed by atoms with Gasteiger partial charge in [0.2, 0.25) is 0 Å². The van der Waals surface area contributed by atoms with Crippen molar-refractivity contribution in [2.45, 2.75) is 62.5 Å². The van der Waals surface area contributed by atoms with Crippen LogP contribution >= 0.6 is 0 Å². The fourth-order valence-electron chi connectivity index (χ4n) is 5.45. The molecule has 1 aliphatic heterocycles. The lowest BCUT2D eigenvalue weighted by molar-refractivity contribution is -0.266. The summed E-state index contributed by atoms with van der Waals surface area (Å²) in [4.78, 5) is 39.1. The van der Waals surface area contributed by atoms with Crippen molar-refractivity contribution in [3.8, 4) is 11.5 Å². The Morgan fingerprint density at radius 1 is 1.08 bits per heavy atom. The SMILES string of the molecule is C[C@@H]1O[C@@H](O[C@H]2C[C@](O)(C(=O)CO)Cc3c(O)c4c(c(O)c32)C(=O)c2ccccc2C4=O)C[C@H](O)[C@H]1O. The van der Waals surface area contributed by atoms with Crippen LogP contribution in [0.1, 0.15) is 68.8 Å². The molecule has 1 heterocycles. The second-order valence-electron chi connectivity index (χ2n) is 9.73. The van der Waals surface area contributed by atoms with Crippen molar-refractivity contribution in [2.24, 2.45) is 0 Å². The lowest BCUT2D eigenvalue weighted by Gasteiger charge is -2.42. The molecule has 3 aliphatic rings. The van der Waals surface area contributed by atoms with Crippen LogP contribution in [-0.2, 0) is 20.7 Å². The molecule has 0 bridgehead atoms. The van der Waals surface area contributed by atoms with E-state index in [1.54, 1.807) is 12.1 Å². The maximum absolute atomic E-state index is 13.3. The van der Waals surface area contributed by atoms with Crippen molar-refractivity contribution in [1.29, 1.82) is 0 Å². The maximum atomic E-state index is 13.3. The summed E-state index contributed by atoms with van der Waals surface area (Å²) in [6, 6.07) is 5.93. The molecule has 11 nitrogen and oxygen atoms in total. The molecule has 0 spiro atoms. The average Bonchev–Trinajstić information content (AvgIpc) is 2.87. The van der Waals surface area contributed by atoms with Crippen molar-refractivity contribution in [1.82, 2.24) is 0 Å². The first-order valence-electron chi connectivity index (χ1n) is 11.8. The van der Waals surface area contributed by atoms with Gasteiger partial charge in [0.25, 0.3) is 0 Å². The summed E-state index contributed by atoms with van der Waals surface area (Å²) in [5.41, 5.74) is -3.39. The lowest BCUT2D eigenvalue weighted by atomic mass is 9.72. The molecule has 2 aromatic carbocycles. The van der Waals surface area contributed by atoms with Gasteiger partial charge in [-0.15, -0.1) is 0 Å². The summed E-state index contributed by atoms with van der Waals surface area (Å²) in [7, 11) is 0. The minimum atomic E-state index is -2.25. The highest BCUT2D eigenvalue weighted by Gasteiger charge is 2.49. The number of aliphatic hydroxyl groups is 4. The largest absolute Gasteiger partial charge is 0.507 e. The van der Waals surface area contributed by atoms with Crippen molar-refractivity contribution in [3.63, 3.8) is 0 Å². The highest BCUT2D eigenvalue weighted by Crippen LogP contribution is 2.52. The number of fused-ring (bicyclic) bond motifs is 3. The monoisotopic (exact) mass is 514 g/mol. The van der Waals surface area contributed by atoms with Crippen LogP contribution in [0.15, 0.2) is 24.3 Å². The summed E-state index contributed by atoms with van der Waals surface area (Å²) in [6.07, 6.45) is -7.00. The molecule has 0 unspecified atom stereocenters. The number of phenolic OH excluding ortho intramolecular Hbond substituents is 2. The Morgan fingerprint density at radius 3 is 2.24 bits per heavy atom. The number of ketones is 3. The standard InChI is InChI=1S/C26H26O11/c1-10-21(30)14(28)6-17(36-10)37-15-8-26(35,16(29)9-27)7-13-18(15)25(34)20-19(24(13)33)22(31)11-4-2-3-5-12(11)23(20)32/h2-5,10,14-15,17,21,27-28,30,33-35H,6-9H2,1H3/t10-,14-,15-,17-,21-,26-/m0/s1. The van der Waals surface area contributed by atoms with Gasteiger partial charge in [0.1, 0.15) is 29.8 Å². The van der Waals surface area contributed by atoms with Crippen LogP contribution in [0.25, 0.3) is 0 Å². The van der Waals surface area contributed by atoms with Gasteiger partial charge >= 0.3 is 0 Å². The van der Waals surface area contributed by atoms with E-state index in [4.69, 9.17) is 9.47 Å². The summed E-state index contributed by atoms with van der Waals surface area (Å²) in [6.45, 7) is 0.480. The predicted molar refractivity (Wildman–Crippen MR) is 123 cm³/mol. The number of hydrogen-bond donors (Lipinski definition) is 6. The Bertz CT molecular complexity index is 1310. The van der Waals surface area contributed by atoms with E-state index in [-0.39, 0.29) is 28.7 Å². The van der Waals surface area contributed by atoms with Crippen LogP contribution in [0.3, 0.4) is 0 Å². The molecule has 0 saturated carbocycles. The first-order chi connectivity index (χ1) is 17.5. The Kier molecular flexibility index (Phi) is 6.18. The molecule has 0 amide bonds. The van der Waals surface area contributed by atoms with Gasteiger partial charge < -0.3 is 40.1 Å². The third-order valence-electron chi connectivity index (χ3n) is 7.43. The smallest absolute Gasteiger partial charge is 0.198 e. The molecule has 6 atom stereocenters. The predicted octanol–water partition coefficient (Wildman–Crippen LogP) is 0.0263. The number of ether oxygens (including phenoxy) is 2. The van der Waals surface area contributed by atoms with E-state index < -0.39 is 95.7 Å². The fraction of sp³-hybridized carbons (Fsp3) is 0.423. The van der Waals surface area contributed by atoms with Crippen LogP contribution < -0.4 is 0 Å². The maximum Gasteiger partial charge on any atom is 0.198 e. The fourth-order valence-corrected chi connectivity index (χ4v) is 5.45. The van der Waals surface area contributed by atoms with E-state index in [1.807, 2.05) is 0 Å². The van der Waals surface area contributed by atoms with E-state index in [1.165, 1.54) is 19.1 Å². The van der Waals surface area contributed by atoms with Crippen molar-refractivity contribution >= 4 is 17.3 Å². The van der Waals surface area contributed by atoms with Crippen molar-refractivity contribution in [3.05, 3.63) is 57.6 Å². The Balaban J connectivity index is 1.67. The van der Waals surface area contributed by atoms with Gasteiger partial charge in [0.15, 0.2) is 23.6 Å². The molecule has 1 saturated heterocycles. The van der Waals surface area contributed by atoms with Gasteiger partial charge in [-0.25, -0.2) is 0 Å². The van der Waals surface area contributed by atoms with E-state index in [9.17, 15) is 45.0 Å². The van der Waals surface area contributed by atoms with Crippen LogP contribution in [-0.4, -0.2) is 84.8 Å². The molecule has 6 N–H and O–H groups in total. The summed E-state index contributed by atoms with van der Waals surface area (Å²) >= 11 is 0. The van der Waals surface area contributed by atoms with Crippen molar-refractivity contribution in [2.75, 3.05) is 6.61 Å². The summed E-state index contributed by atoms with van der Waals surface area (Å²) in [5.74, 6) is -3.75. The zero-order valence-corrected chi connectivity index (χ0v) is 19.7. The second kappa shape index (κ2) is 8.98. The Hall–Kier alpha value is -3.19. The number of carbonyl (C=O) groups excluding carboxylic acids is 3. The van der Waals surface area contributed by atoms with Crippen LogP contribution in [0.4, 0.5) is 0 Å². The van der Waals surface area contributed by atoms with Gasteiger partial charge in [-0.1, -0.05) is 24.3 Å². The zero-order chi connectivity index (χ0) is 26.8. The van der Waals surface area contributed by atoms with Crippen molar-refractivity contribution < 1.29 is 54.5 Å². The van der Waals surface area contributed by atoms with Gasteiger partial charge in [0, 0.05) is 41.5 Å². The van der Waals surface area contributed by atoms with Crippen LogP contribution in [0.2, 0.25) is 0 Å². The third-order valence-corrected chi connectivity index (χ3v) is 7.43. The highest BCUT2D eigenvalue weighted by molar-refractivity contribution is 6.30. The van der Waals surface area contributed by atoms with Crippen LogP contribution in [0, 0.1) is 0 Å². The molecule has 196 valence electrons. The summed E-state index contributed by atoms with van der Waals surface area (Å²) in [5, 5.41) is 63.3. The van der Waals surface area contributed by atoms with E-state index in [0.717, 1.165) is 0 Å². The first kappa shape index (κ1) is 25.5. The first-order valence-corrected chi connectivity index (χ1v) is 11.8. The topological polar surface area (TPSA) is 191 Å². The van der Waals surface area contributed by atoms with E-state index >= 15 is 0 Å². The highest BCUT2D eigenvalue weighted by atomic mass is 16.7. The second-order valence-corrected chi connectivity index (χ2v) is 9.73. The van der Waals surface area contributed by atoms with Gasteiger partial charge in [-0.2, -0.15) is 0 Å². The molecular weight excluding hydrogens is 488 g/mol. The number of phenols is 2. The number of carbonyl (C=O) groups is 3. The molecule has 0 radical (unpaired) electrons. The normalized spacial score (nSPS) is 30.9. The minimum Gasteiger partial charge on any atom is -0.507 e. The zero-order valence-electron chi connectivity index (χ0n) is 19.7. The number of aliphatic hydroxyl groups excluding tert-OH is 3. The van der Waals surface area contributed by atoms with Gasteiger partial charge in [-0.3, -0.25) is 14.4 Å². The van der Waals surface area contributed by atoms with E-state index in [0.29, 0.717) is 0 Å². The summed E-state index contributed by atoms with van der Waals surface area (Å²) < 4.78 is 11.5. The molecule has 2 aromatic rings. The minimum absolute atomic E-state index is 0.0251. The molecule has 5 rings (SSSR count). The molecule has 37 heavy (non-hydrogen) atoms. The average molecular weight is 514 g/mol. The number of hydrogen-bond acceptors (Lipinski definition) is 11. The van der Waals surface area contributed by atoms with Crippen LogP contribution in [0.5, 0.6) is 11.5 Å². The van der Waals surface area contributed by atoms with Gasteiger partial charge in [-0.05, 0) is 6.92 Å². The number of Topliss-reactive ketones (excluding diaryl/α,β-unsaturated/α-hetero) is 1. The number of benzene rings is 2. The molecule has 0 aromatic heterocycles. The third kappa shape index (κ3) is 3.86. The Morgan fingerprint density at radius 2 is 1.68 bits per heavy atom. The Labute approximate surface area is 210 Å². The van der Waals surface area contributed by atoms with E-state index in [2.05, 4.69) is 0 Å². The lowest BCUT2D eigenvalue weighted by Crippen LogP contribution is -2.50. The molecule has 1 fully saturated rings. The molecule has 2 aliphatic carbocycles. The number of rotatable bonds is 4. The van der Waals surface area contributed by atoms with Gasteiger partial charge in [0.05, 0.1) is 29.4 Å². The molecule has 11 heteroatoms. The number of aromatic hydroxyl groups is 2. The molecular formula is C26H26O11.